The fraction of sp³-hybridized carbons (Fsp3) is 0.433. The maximum Gasteiger partial charge on any atom is 0.332 e. The van der Waals surface area contributed by atoms with E-state index < -0.39 is 17.7 Å². The largest absolute Gasteiger partial charge is 0.393 e. The third kappa shape index (κ3) is 10.1. The Morgan fingerprint density at radius 2 is 1.35 bits per heavy atom. The van der Waals surface area contributed by atoms with E-state index in [-0.39, 0.29) is 44.7 Å². The third-order valence-corrected chi connectivity index (χ3v) is 14.3. The second-order valence-electron chi connectivity index (χ2n) is 10.9. The first-order valence-electron chi connectivity index (χ1n) is 14.5. The van der Waals surface area contributed by atoms with Crippen LogP contribution in [0.2, 0.25) is 0 Å². The maximum atomic E-state index is 12.4. The van der Waals surface area contributed by atoms with Crippen molar-refractivity contribution in [1.29, 1.82) is 0 Å². The quantitative estimate of drug-likeness (QED) is 0.152. The van der Waals surface area contributed by atoms with Crippen LogP contribution in [0.1, 0.15) is 26.2 Å². The third-order valence-electron chi connectivity index (χ3n) is 7.08. The summed E-state index contributed by atoms with van der Waals surface area (Å²) in [5, 5.41) is 9.21. The molecule has 0 saturated heterocycles. The Bertz CT molecular complexity index is 1830. The molecule has 2 heterocycles. The molecule has 0 fully saturated rings. The van der Waals surface area contributed by atoms with Gasteiger partial charge in [-0.15, -0.1) is 0 Å². The molecule has 16 heteroatoms. The van der Waals surface area contributed by atoms with Crippen LogP contribution in [0.15, 0.2) is 86.4 Å². The lowest BCUT2D eigenvalue weighted by Gasteiger charge is -2.23. The highest BCUT2D eigenvalue weighted by Gasteiger charge is 2.23. The van der Waals surface area contributed by atoms with E-state index in [0.717, 1.165) is 28.0 Å². The van der Waals surface area contributed by atoms with Gasteiger partial charge in [-0.1, -0.05) is 36.4 Å². The highest BCUT2D eigenvalue weighted by atomic mass is 33.1. The highest BCUT2D eigenvalue weighted by molar-refractivity contribution is 8.72. The van der Waals surface area contributed by atoms with E-state index >= 15 is 0 Å². The van der Waals surface area contributed by atoms with Crippen LogP contribution in [0.4, 0.5) is 0 Å². The summed E-state index contributed by atoms with van der Waals surface area (Å²) in [6, 6.07) is 16.3. The van der Waals surface area contributed by atoms with E-state index in [1.54, 1.807) is 86.2 Å². The summed E-state index contributed by atoms with van der Waals surface area (Å²) >= 11 is 0. The number of unbranched alkanes of at least 4 members (excludes halogenated alkanes) is 1. The molecule has 0 aliphatic heterocycles. The number of aliphatic hydroxyl groups is 1. The number of rotatable bonds is 14. The number of imidazole rings is 1. The molecule has 4 rings (SSSR count). The van der Waals surface area contributed by atoms with Crippen LogP contribution >= 0.6 is 21.6 Å². The molecular weight excluding hydrogens is 671 g/mol. The molecule has 2 aromatic carbocycles. The Morgan fingerprint density at radius 3 is 1.80 bits per heavy atom. The van der Waals surface area contributed by atoms with Crippen molar-refractivity contribution >= 4 is 50.5 Å². The average molecular weight is 712 g/mol. The van der Waals surface area contributed by atoms with Crippen molar-refractivity contribution in [2.75, 3.05) is 25.6 Å². The van der Waals surface area contributed by atoms with Crippen molar-refractivity contribution in [1.82, 2.24) is 23.6 Å². The maximum absolute atomic E-state index is 12.4. The van der Waals surface area contributed by atoms with Crippen LogP contribution in [0.3, 0.4) is 0 Å². The number of aliphatic hydroxyl groups excluding tert-OH is 1. The summed E-state index contributed by atoms with van der Waals surface area (Å²) in [4.78, 5) is 31.0. The van der Waals surface area contributed by atoms with Gasteiger partial charge in [0.2, 0.25) is 17.7 Å². The lowest BCUT2D eigenvalue weighted by molar-refractivity contribution is 0.180. The number of fused-ring (bicyclic) bond motifs is 1. The van der Waals surface area contributed by atoms with Crippen molar-refractivity contribution in [3.8, 4) is 0 Å². The lowest BCUT2D eigenvalue weighted by atomic mass is 10.2. The van der Waals surface area contributed by atoms with Gasteiger partial charge in [-0.05, 0) is 86.1 Å². The Morgan fingerprint density at radius 1 is 0.848 bits per heavy atom. The molecule has 0 saturated carbocycles. The molecule has 0 radical (unpaired) electrons. The van der Waals surface area contributed by atoms with E-state index in [1.807, 2.05) is 19.0 Å². The summed E-state index contributed by atoms with van der Waals surface area (Å²) in [6.45, 7) is 2.09. The minimum absolute atomic E-state index is 0.207. The van der Waals surface area contributed by atoms with Gasteiger partial charge in [-0.3, -0.25) is 13.9 Å². The molecule has 2 aromatic heterocycles. The van der Waals surface area contributed by atoms with Gasteiger partial charge < -0.3 is 14.6 Å². The second kappa shape index (κ2) is 16.8. The normalized spacial score (nSPS) is 12.8. The fourth-order valence-electron chi connectivity index (χ4n) is 4.30. The Kier molecular flexibility index (Phi) is 13.7. The number of aromatic nitrogens is 4. The number of nitrogens with zero attached hydrogens (tertiary/aromatic N) is 5. The first-order chi connectivity index (χ1) is 21.7. The minimum atomic E-state index is -3.46. The number of benzene rings is 2. The van der Waals surface area contributed by atoms with Gasteiger partial charge in [-0.2, -0.15) is 0 Å². The molecule has 0 bridgehead atoms. The van der Waals surface area contributed by atoms with Crippen LogP contribution < -0.4 is 11.2 Å². The molecule has 0 aliphatic carbocycles. The van der Waals surface area contributed by atoms with Crippen molar-refractivity contribution in [2.45, 2.75) is 54.7 Å². The molecule has 0 amide bonds. The summed E-state index contributed by atoms with van der Waals surface area (Å²) < 4.78 is 53.9. The molecule has 1 atom stereocenters. The topological polar surface area (TPSA) is 154 Å². The van der Waals surface area contributed by atoms with Gasteiger partial charge in [0, 0.05) is 38.2 Å². The summed E-state index contributed by atoms with van der Waals surface area (Å²) in [6.07, 6.45) is 3.31. The Balaban J connectivity index is 0.000000259. The van der Waals surface area contributed by atoms with Gasteiger partial charge >= 0.3 is 5.69 Å². The van der Waals surface area contributed by atoms with E-state index in [4.69, 9.17) is 0 Å². The fourth-order valence-corrected chi connectivity index (χ4v) is 10.7. The van der Waals surface area contributed by atoms with Gasteiger partial charge in [0.15, 0.2) is 11.2 Å². The van der Waals surface area contributed by atoms with Crippen molar-refractivity contribution in [3.63, 3.8) is 0 Å². The lowest BCUT2D eigenvalue weighted by Crippen LogP contribution is -2.39. The molecule has 0 unspecified atom stereocenters. The zero-order valence-electron chi connectivity index (χ0n) is 26.5. The van der Waals surface area contributed by atoms with Crippen molar-refractivity contribution in [2.24, 2.45) is 14.1 Å². The molecule has 4 aromatic rings. The van der Waals surface area contributed by atoms with Crippen LogP contribution in [0.25, 0.3) is 11.2 Å². The van der Waals surface area contributed by atoms with E-state index in [0.29, 0.717) is 30.6 Å². The SMILES string of the molecule is CN(C)C(CSS(=O)(=O)c1ccccc1)CSS(=O)(=O)c1ccccc1.C[C@@H](O)CCCCn1c(=O)c2c(ncn2C)n(C)c1=O. The molecule has 12 nitrogen and oxygen atoms in total. The molecule has 1 N–H and O–H groups in total. The minimum Gasteiger partial charge on any atom is -0.393 e. The zero-order chi connectivity index (χ0) is 34.1. The molecule has 0 spiro atoms. The highest BCUT2D eigenvalue weighted by Crippen LogP contribution is 2.28. The van der Waals surface area contributed by atoms with Crippen molar-refractivity contribution < 1.29 is 21.9 Å². The van der Waals surface area contributed by atoms with Gasteiger partial charge in [0.1, 0.15) is 0 Å². The van der Waals surface area contributed by atoms with E-state index in [9.17, 15) is 31.5 Å². The predicted molar refractivity (Wildman–Crippen MR) is 185 cm³/mol. The second-order valence-corrected chi connectivity index (χ2v) is 18.8. The van der Waals surface area contributed by atoms with Crippen LogP contribution in [0, 0.1) is 0 Å². The Labute approximate surface area is 277 Å². The monoisotopic (exact) mass is 711 g/mol. The first kappa shape index (κ1) is 37.6. The van der Waals surface area contributed by atoms with Crippen LogP contribution in [-0.2, 0) is 38.4 Å². The Hall–Kier alpha value is -2.89. The van der Waals surface area contributed by atoms with E-state index in [1.165, 1.54) is 15.5 Å². The van der Waals surface area contributed by atoms with Crippen LogP contribution in [0.5, 0.6) is 0 Å². The number of hydrogen-bond donors (Lipinski definition) is 1. The summed E-state index contributed by atoms with van der Waals surface area (Å²) in [5.41, 5.74) is 0.184. The predicted octanol–water partition coefficient (Wildman–Crippen LogP) is 3.15. The van der Waals surface area contributed by atoms with Crippen LogP contribution in [-0.4, -0.2) is 83.3 Å². The average Bonchev–Trinajstić information content (AvgIpc) is 3.42. The molecule has 252 valence electrons. The number of aryl methyl sites for hydroxylation is 2. The first-order valence-corrected chi connectivity index (χ1v) is 20.5. The van der Waals surface area contributed by atoms with Gasteiger partial charge in [0.25, 0.3) is 5.56 Å². The number of hydrogen-bond acceptors (Lipinski definition) is 11. The zero-order valence-corrected chi connectivity index (χ0v) is 29.8. The van der Waals surface area contributed by atoms with E-state index in [2.05, 4.69) is 4.98 Å². The smallest absolute Gasteiger partial charge is 0.332 e. The molecule has 46 heavy (non-hydrogen) atoms. The molecule has 0 aliphatic rings. The standard InChI is InChI=1S/C17H21NO4S4.C13H20N4O3/c1-18(2)15(13-23-25(19,20)16-9-5-3-6-10-16)14-24-26(21,22)17-11-7-4-8-12-17;1-9(18)6-4-5-7-17-12(19)10-11(14-8-15(10)2)16(3)13(17)20/h3-12,15H,13-14H2,1-2H3;8-9,18H,4-7H2,1-3H3/t;9-/m.1/s1. The molecular formula is C30H41N5O7S4. The van der Waals surface area contributed by atoms with Crippen molar-refractivity contribution in [3.05, 3.63) is 87.8 Å². The summed E-state index contributed by atoms with van der Waals surface area (Å²) in [7, 11) is 1.73. The van der Waals surface area contributed by atoms with Gasteiger partial charge in [-0.25, -0.2) is 26.6 Å². The van der Waals surface area contributed by atoms with Gasteiger partial charge in [0.05, 0.1) is 22.2 Å². The summed E-state index contributed by atoms with van der Waals surface area (Å²) in [5.74, 6) is 0.559.